The molecule has 0 N–H and O–H groups in total. The predicted octanol–water partition coefficient (Wildman–Crippen LogP) is 2.05. The summed E-state index contributed by atoms with van der Waals surface area (Å²) < 4.78 is 9.41. The van der Waals surface area contributed by atoms with Gasteiger partial charge in [0.1, 0.15) is 11.1 Å². The summed E-state index contributed by atoms with van der Waals surface area (Å²) in [6.45, 7) is 1.74. The Labute approximate surface area is 122 Å². The van der Waals surface area contributed by atoms with Crippen LogP contribution in [0.25, 0.3) is 0 Å². The summed E-state index contributed by atoms with van der Waals surface area (Å²) in [5.41, 5.74) is 0.0628. The van der Waals surface area contributed by atoms with Crippen molar-refractivity contribution < 1.29 is 19.1 Å². The summed E-state index contributed by atoms with van der Waals surface area (Å²) in [5.74, 6) is -1.32. The number of esters is 2. The first-order valence-corrected chi connectivity index (χ1v) is 6.40. The lowest BCUT2D eigenvalue weighted by Gasteiger charge is -2.22. The van der Waals surface area contributed by atoms with Gasteiger partial charge in [0.25, 0.3) is 0 Å². The molecule has 1 aliphatic heterocycles. The van der Waals surface area contributed by atoms with Crippen molar-refractivity contribution in [2.75, 3.05) is 14.2 Å². The smallest absolute Gasteiger partial charge is 0.359 e. The van der Waals surface area contributed by atoms with Crippen LogP contribution in [0.3, 0.4) is 0 Å². The summed E-state index contributed by atoms with van der Waals surface area (Å²) in [7, 11) is 2.48. The summed E-state index contributed by atoms with van der Waals surface area (Å²) in [6.07, 6.45) is 0.433. The highest BCUT2D eigenvalue weighted by molar-refractivity contribution is 6.02. The Hall–Kier alpha value is -2.50. The Morgan fingerprint density at radius 3 is 2.29 bits per heavy atom. The first-order chi connectivity index (χ1) is 10.0. The van der Waals surface area contributed by atoms with Crippen molar-refractivity contribution in [3.63, 3.8) is 0 Å². The fourth-order valence-corrected chi connectivity index (χ4v) is 2.29. The van der Waals surface area contributed by atoms with E-state index < -0.39 is 17.5 Å². The minimum absolute atomic E-state index is 0.0946. The Balaban J connectivity index is 2.43. The molecule has 0 saturated carbocycles. The Kier molecular flexibility index (Phi) is 4.16. The first kappa shape index (κ1) is 14.9. The van der Waals surface area contributed by atoms with Crippen molar-refractivity contribution in [3.8, 4) is 0 Å². The second-order valence-electron chi connectivity index (χ2n) is 4.84. The zero-order valence-electron chi connectivity index (χ0n) is 12.1. The number of azo groups is 1. The lowest BCUT2D eigenvalue weighted by molar-refractivity contribution is -0.139. The largest absolute Gasteiger partial charge is 0.466 e. The zero-order chi connectivity index (χ0) is 15.5. The van der Waals surface area contributed by atoms with Crippen LogP contribution in [0.5, 0.6) is 0 Å². The van der Waals surface area contributed by atoms with Gasteiger partial charge in [-0.05, 0) is 12.5 Å². The van der Waals surface area contributed by atoms with Crippen molar-refractivity contribution in [2.24, 2.45) is 10.2 Å². The van der Waals surface area contributed by atoms with Gasteiger partial charge >= 0.3 is 11.9 Å². The number of carbonyl (C=O) groups is 2. The summed E-state index contributed by atoms with van der Waals surface area (Å²) >= 11 is 0. The molecule has 21 heavy (non-hydrogen) atoms. The number of rotatable bonds is 4. The average molecular weight is 288 g/mol. The first-order valence-electron chi connectivity index (χ1n) is 6.40. The molecule has 6 nitrogen and oxygen atoms in total. The molecule has 1 heterocycles. The molecule has 1 aromatic carbocycles. The van der Waals surface area contributed by atoms with E-state index in [1.165, 1.54) is 14.2 Å². The van der Waals surface area contributed by atoms with Gasteiger partial charge in [-0.2, -0.15) is 5.11 Å². The van der Waals surface area contributed by atoms with Gasteiger partial charge in [-0.15, -0.1) is 5.11 Å². The van der Waals surface area contributed by atoms with Crippen molar-refractivity contribution in [1.82, 2.24) is 0 Å². The third kappa shape index (κ3) is 2.84. The number of hydrogen-bond donors (Lipinski definition) is 0. The number of methoxy groups -OCH3 is 2. The molecule has 1 aromatic rings. The maximum atomic E-state index is 12.0. The SMILES string of the molecule is COC(=O)C1=C(C(=O)OC)C(C)(Cc2ccccc2)N=N1. The van der Waals surface area contributed by atoms with Crippen LogP contribution in [-0.2, 0) is 25.5 Å². The highest BCUT2D eigenvalue weighted by Crippen LogP contribution is 2.36. The van der Waals surface area contributed by atoms with E-state index in [1.54, 1.807) is 6.92 Å². The number of ether oxygens (including phenoxy) is 2. The molecule has 0 amide bonds. The molecule has 0 aromatic heterocycles. The summed E-state index contributed by atoms with van der Waals surface area (Å²) in [6, 6.07) is 9.54. The zero-order valence-corrected chi connectivity index (χ0v) is 12.1. The Morgan fingerprint density at radius 2 is 1.71 bits per heavy atom. The molecule has 0 fully saturated rings. The van der Waals surface area contributed by atoms with Gasteiger partial charge in [-0.3, -0.25) is 0 Å². The topological polar surface area (TPSA) is 77.3 Å². The number of benzene rings is 1. The van der Waals surface area contributed by atoms with E-state index in [0.29, 0.717) is 6.42 Å². The van der Waals surface area contributed by atoms with Gasteiger partial charge < -0.3 is 9.47 Å². The minimum Gasteiger partial charge on any atom is -0.466 e. The van der Waals surface area contributed by atoms with E-state index >= 15 is 0 Å². The molecule has 1 aliphatic rings. The van der Waals surface area contributed by atoms with Gasteiger partial charge in [-0.1, -0.05) is 30.3 Å². The van der Waals surface area contributed by atoms with Gasteiger partial charge in [0, 0.05) is 6.42 Å². The quantitative estimate of drug-likeness (QED) is 0.794. The molecule has 0 bridgehead atoms. The molecule has 110 valence electrons. The fourth-order valence-electron chi connectivity index (χ4n) is 2.29. The fraction of sp³-hybridized carbons (Fsp3) is 0.333. The molecule has 0 radical (unpaired) electrons. The third-order valence-electron chi connectivity index (χ3n) is 3.31. The van der Waals surface area contributed by atoms with Gasteiger partial charge in [-0.25, -0.2) is 9.59 Å². The van der Waals surface area contributed by atoms with Crippen LogP contribution in [0, 0.1) is 0 Å². The second kappa shape index (κ2) is 5.87. The predicted molar refractivity (Wildman–Crippen MR) is 74.5 cm³/mol. The van der Waals surface area contributed by atoms with E-state index in [0.717, 1.165) is 5.56 Å². The normalized spacial score (nSPS) is 20.5. The molecule has 2 rings (SSSR count). The molecule has 0 aliphatic carbocycles. The van der Waals surface area contributed by atoms with E-state index in [4.69, 9.17) is 4.74 Å². The van der Waals surface area contributed by atoms with Crippen LogP contribution in [0.15, 0.2) is 51.8 Å². The monoisotopic (exact) mass is 288 g/mol. The number of hydrogen-bond acceptors (Lipinski definition) is 6. The van der Waals surface area contributed by atoms with Crippen LogP contribution in [-0.4, -0.2) is 31.7 Å². The second-order valence-corrected chi connectivity index (χ2v) is 4.84. The van der Waals surface area contributed by atoms with Crippen LogP contribution < -0.4 is 0 Å². The van der Waals surface area contributed by atoms with Crippen LogP contribution in [0.1, 0.15) is 12.5 Å². The van der Waals surface area contributed by atoms with Crippen LogP contribution >= 0.6 is 0 Å². The van der Waals surface area contributed by atoms with E-state index in [9.17, 15) is 9.59 Å². The Morgan fingerprint density at radius 1 is 1.10 bits per heavy atom. The minimum atomic E-state index is -0.946. The summed E-state index contributed by atoms with van der Waals surface area (Å²) in [4.78, 5) is 23.8. The van der Waals surface area contributed by atoms with Gasteiger partial charge in [0.05, 0.1) is 14.2 Å². The molecule has 0 saturated heterocycles. The van der Waals surface area contributed by atoms with Crippen molar-refractivity contribution in [3.05, 3.63) is 47.2 Å². The molecule has 0 spiro atoms. The van der Waals surface area contributed by atoms with Gasteiger partial charge in [0.2, 0.25) is 0 Å². The lowest BCUT2D eigenvalue weighted by atomic mass is 9.85. The summed E-state index contributed by atoms with van der Waals surface area (Å²) in [5, 5.41) is 7.95. The Bertz CT molecular complexity index is 622. The van der Waals surface area contributed by atoms with E-state index in [1.807, 2.05) is 30.3 Å². The average Bonchev–Trinajstić information content (AvgIpc) is 2.84. The third-order valence-corrected chi connectivity index (χ3v) is 3.31. The standard InChI is InChI=1S/C15H16N2O4/c1-15(9-10-7-5-4-6-8-10)11(13(18)20-2)12(16-17-15)14(19)21-3/h4-8H,9H2,1-3H3. The lowest BCUT2D eigenvalue weighted by Crippen LogP contribution is -2.32. The van der Waals surface area contributed by atoms with Gasteiger partial charge in [0.15, 0.2) is 5.70 Å². The number of nitrogens with zero attached hydrogens (tertiary/aromatic N) is 2. The highest BCUT2D eigenvalue weighted by Gasteiger charge is 2.43. The van der Waals surface area contributed by atoms with E-state index in [-0.39, 0.29) is 11.3 Å². The van der Waals surface area contributed by atoms with Crippen LogP contribution in [0.4, 0.5) is 0 Å². The molecule has 1 unspecified atom stereocenters. The molecular formula is C15H16N2O4. The number of carbonyl (C=O) groups excluding carboxylic acids is 2. The van der Waals surface area contributed by atoms with Crippen LogP contribution in [0.2, 0.25) is 0 Å². The highest BCUT2D eigenvalue weighted by atomic mass is 16.5. The van der Waals surface area contributed by atoms with Crippen molar-refractivity contribution in [1.29, 1.82) is 0 Å². The maximum absolute atomic E-state index is 12.0. The molecule has 6 heteroatoms. The van der Waals surface area contributed by atoms with Crippen molar-refractivity contribution >= 4 is 11.9 Å². The van der Waals surface area contributed by atoms with Crippen molar-refractivity contribution in [2.45, 2.75) is 18.9 Å². The molecular weight excluding hydrogens is 272 g/mol. The van der Waals surface area contributed by atoms with E-state index in [2.05, 4.69) is 15.0 Å². The maximum Gasteiger partial charge on any atom is 0.359 e. The molecule has 1 atom stereocenters.